The molecule has 35 heavy (non-hydrogen) atoms. The number of nitrogens with zero attached hydrogens (tertiary/aromatic N) is 2. The number of para-hydroxylation sites is 2. The zero-order valence-corrected chi connectivity index (χ0v) is 19.6. The van der Waals surface area contributed by atoms with Crippen LogP contribution in [0.4, 0.5) is 39.3 Å². The molecular weight excluding hydrogens is 444 g/mol. The second-order valence-corrected chi connectivity index (χ2v) is 7.55. The van der Waals surface area contributed by atoms with Gasteiger partial charge in [-0.25, -0.2) is 9.78 Å². The first kappa shape index (κ1) is 23.4. The second kappa shape index (κ2) is 10.9. The Kier molecular flexibility index (Phi) is 7.27. The highest BCUT2D eigenvalue weighted by atomic mass is 16.5. The maximum atomic E-state index is 12.4. The van der Waals surface area contributed by atoms with Gasteiger partial charge < -0.3 is 30.7 Å². The largest absolute Gasteiger partial charge is 0.497 e. The predicted octanol–water partition coefficient (Wildman–Crippen LogP) is 5.93. The molecule has 1 aromatic heterocycles. The lowest BCUT2D eigenvalue weighted by atomic mass is 10.2. The van der Waals surface area contributed by atoms with E-state index in [0.717, 1.165) is 22.8 Å². The summed E-state index contributed by atoms with van der Waals surface area (Å²) in [6.07, 6.45) is 0. The first-order valence-corrected chi connectivity index (χ1v) is 10.9. The summed E-state index contributed by atoms with van der Waals surface area (Å²) in [6, 6.07) is 23.5. The lowest BCUT2D eigenvalue weighted by molar-refractivity contribution is 0.262. The van der Waals surface area contributed by atoms with Crippen LogP contribution >= 0.6 is 0 Å². The number of hydrogen-bond acceptors (Lipinski definition) is 7. The van der Waals surface area contributed by atoms with Crippen molar-refractivity contribution in [2.24, 2.45) is 0 Å². The lowest BCUT2D eigenvalue weighted by Gasteiger charge is -2.12. The van der Waals surface area contributed by atoms with E-state index in [9.17, 15) is 4.79 Å². The van der Waals surface area contributed by atoms with Gasteiger partial charge in [0.05, 0.1) is 19.9 Å². The van der Waals surface area contributed by atoms with Crippen molar-refractivity contribution in [1.29, 1.82) is 0 Å². The van der Waals surface area contributed by atoms with Crippen molar-refractivity contribution in [3.63, 3.8) is 0 Å². The van der Waals surface area contributed by atoms with Crippen LogP contribution in [0.3, 0.4) is 0 Å². The molecule has 4 N–H and O–H groups in total. The lowest BCUT2D eigenvalue weighted by Crippen LogP contribution is -2.19. The highest BCUT2D eigenvalue weighted by Gasteiger charge is 2.08. The number of benzene rings is 3. The first-order chi connectivity index (χ1) is 17.0. The van der Waals surface area contributed by atoms with E-state index in [0.29, 0.717) is 28.9 Å². The monoisotopic (exact) mass is 470 g/mol. The Balaban J connectivity index is 1.38. The number of ether oxygens (including phenoxy) is 2. The Hall–Kier alpha value is -4.79. The van der Waals surface area contributed by atoms with E-state index < -0.39 is 0 Å². The molecule has 0 saturated heterocycles. The number of amides is 2. The molecule has 0 aliphatic carbocycles. The number of urea groups is 1. The fraction of sp³-hybridized carbons (Fsp3) is 0.115. The van der Waals surface area contributed by atoms with Gasteiger partial charge in [0.1, 0.15) is 17.3 Å². The number of anilines is 6. The third kappa shape index (κ3) is 6.38. The average molecular weight is 471 g/mol. The summed E-state index contributed by atoms with van der Waals surface area (Å²) in [5.41, 5.74) is 3.69. The summed E-state index contributed by atoms with van der Waals surface area (Å²) in [5.74, 6) is 2.49. The standard InChI is InChI=1S/C26H26N6O3/c1-17-16-24(28-18-12-14-21(34-2)15-13-18)32-25(27-17)29-19-8-10-20(11-9-19)30-26(33)31-22-6-4-5-7-23(22)35-3/h4-16H,1-3H3,(H2,30,31,33)(H2,27,28,29,32). The smallest absolute Gasteiger partial charge is 0.323 e. The minimum absolute atomic E-state index is 0.369. The minimum atomic E-state index is -0.369. The van der Waals surface area contributed by atoms with Crippen LogP contribution in [-0.4, -0.2) is 30.2 Å². The Labute approximate surface area is 203 Å². The van der Waals surface area contributed by atoms with E-state index in [-0.39, 0.29) is 6.03 Å². The van der Waals surface area contributed by atoms with Crippen LogP contribution in [0.1, 0.15) is 5.69 Å². The Morgan fingerprint density at radius 1 is 0.743 bits per heavy atom. The van der Waals surface area contributed by atoms with Gasteiger partial charge in [-0.1, -0.05) is 12.1 Å². The van der Waals surface area contributed by atoms with Gasteiger partial charge >= 0.3 is 6.03 Å². The van der Waals surface area contributed by atoms with E-state index in [1.165, 1.54) is 0 Å². The van der Waals surface area contributed by atoms with E-state index in [1.54, 1.807) is 38.5 Å². The van der Waals surface area contributed by atoms with Gasteiger partial charge in [0.15, 0.2) is 0 Å². The molecule has 0 bridgehead atoms. The maximum absolute atomic E-state index is 12.4. The predicted molar refractivity (Wildman–Crippen MR) is 138 cm³/mol. The molecule has 1 heterocycles. The third-order valence-electron chi connectivity index (χ3n) is 4.97. The first-order valence-electron chi connectivity index (χ1n) is 10.9. The molecule has 9 nitrogen and oxygen atoms in total. The quantitative estimate of drug-likeness (QED) is 0.252. The average Bonchev–Trinajstić information content (AvgIpc) is 2.85. The van der Waals surface area contributed by atoms with Crippen molar-refractivity contribution < 1.29 is 14.3 Å². The fourth-order valence-corrected chi connectivity index (χ4v) is 3.31. The number of rotatable bonds is 8. The Morgan fingerprint density at radius 2 is 1.40 bits per heavy atom. The highest BCUT2D eigenvalue weighted by Crippen LogP contribution is 2.24. The van der Waals surface area contributed by atoms with Gasteiger partial charge in [0.25, 0.3) is 0 Å². The molecule has 9 heteroatoms. The molecule has 0 radical (unpaired) electrons. The van der Waals surface area contributed by atoms with E-state index in [2.05, 4.69) is 31.2 Å². The zero-order valence-electron chi connectivity index (χ0n) is 19.6. The van der Waals surface area contributed by atoms with Crippen LogP contribution in [0.5, 0.6) is 11.5 Å². The third-order valence-corrected chi connectivity index (χ3v) is 4.97. The highest BCUT2D eigenvalue weighted by molar-refractivity contribution is 6.00. The number of carbonyl (C=O) groups excluding carboxylic acids is 1. The summed E-state index contributed by atoms with van der Waals surface area (Å²) < 4.78 is 10.5. The molecule has 0 aliphatic rings. The second-order valence-electron chi connectivity index (χ2n) is 7.55. The summed E-state index contributed by atoms with van der Waals surface area (Å²) in [7, 11) is 3.19. The van der Waals surface area contributed by atoms with Crippen LogP contribution < -0.4 is 30.7 Å². The van der Waals surface area contributed by atoms with Gasteiger partial charge in [-0.15, -0.1) is 0 Å². The van der Waals surface area contributed by atoms with E-state index in [4.69, 9.17) is 9.47 Å². The molecule has 3 aromatic carbocycles. The molecule has 0 aliphatic heterocycles. The minimum Gasteiger partial charge on any atom is -0.497 e. The molecule has 0 atom stereocenters. The van der Waals surface area contributed by atoms with Gasteiger partial charge in [-0.2, -0.15) is 4.98 Å². The number of aromatic nitrogens is 2. The van der Waals surface area contributed by atoms with E-state index in [1.807, 2.05) is 61.5 Å². The normalized spacial score (nSPS) is 10.3. The number of nitrogens with one attached hydrogen (secondary N) is 4. The van der Waals surface area contributed by atoms with Crippen LogP contribution in [0, 0.1) is 6.92 Å². The molecule has 178 valence electrons. The fourth-order valence-electron chi connectivity index (χ4n) is 3.31. The van der Waals surface area contributed by atoms with Crippen LogP contribution in [0.15, 0.2) is 78.9 Å². The van der Waals surface area contributed by atoms with Gasteiger partial charge in [-0.3, -0.25) is 0 Å². The SMILES string of the molecule is COc1ccc(Nc2cc(C)nc(Nc3ccc(NC(=O)Nc4ccccc4OC)cc3)n2)cc1. The van der Waals surface area contributed by atoms with Crippen molar-refractivity contribution in [3.05, 3.63) is 84.6 Å². The number of hydrogen-bond donors (Lipinski definition) is 4. The molecule has 0 spiro atoms. The van der Waals surface area contributed by atoms with Gasteiger partial charge in [0, 0.05) is 28.8 Å². The summed E-state index contributed by atoms with van der Waals surface area (Å²) in [5, 5.41) is 12.0. The maximum Gasteiger partial charge on any atom is 0.323 e. The molecule has 0 fully saturated rings. The molecule has 4 aromatic rings. The van der Waals surface area contributed by atoms with Crippen LogP contribution in [-0.2, 0) is 0 Å². The molecule has 0 unspecified atom stereocenters. The molecule has 0 saturated carbocycles. The topological polar surface area (TPSA) is 109 Å². The molecular formula is C26H26N6O3. The molecule has 2 amide bonds. The Morgan fingerprint density at radius 3 is 2.11 bits per heavy atom. The van der Waals surface area contributed by atoms with Crippen molar-refractivity contribution >= 4 is 40.5 Å². The van der Waals surface area contributed by atoms with Crippen molar-refractivity contribution in [1.82, 2.24) is 9.97 Å². The van der Waals surface area contributed by atoms with Gasteiger partial charge in [0.2, 0.25) is 5.95 Å². The number of methoxy groups -OCH3 is 2. The zero-order chi connectivity index (χ0) is 24.6. The molecule has 4 rings (SSSR count). The van der Waals surface area contributed by atoms with Crippen molar-refractivity contribution in [2.45, 2.75) is 6.92 Å². The number of aryl methyl sites for hydroxylation is 1. The van der Waals surface area contributed by atoms with Gasteiger partial charge in [-0.05, 0) is 67.6 Å². The van der Waals surface area contributed by atoms with Crippen LogP contribution in [0.2, 0.25) is 0 Å². The van der Waals surface area contributed by atoms with Crippen LogP contribution in [0.25, 0.3) is 0 Å². The Bertz CT molecular complexity index is 1290. The van der Waals surface area contributed by atoms with Crippen molar-refractivity contribution in [3.8, 4) is 11.5 Å². The summed E-state index contributed by atoms with van der Waals surface area (Å²) in [4.78, 5) is 21.4. The number of carbonyl (C=O) groups is 1. The summed E-state index contributed by atoms with van der Waals surface area (Å²) in [6.45, 7) is 1.90. The van der Waals surface area contributed by atoms with E-state index >= 15 is 0 Å². The summed E-state index contributed by atoms with van der Waals surface area (Å²) >= 11 is 0. The van der Waals surface area contributed by atoms with Crippen molar-refractivity contribution in [2.75, 3.05) is 35.5 Å².